The molecule has 1 atom stereocenters. The summed E-state index contributed by atoms with van der Waals surface area (Å²) in [5.41, 5.74) is 5.62. The average molecular weight is 372 g/mol. The van der Waals surface area contributed by atoms with Gasteiger partial charge in [0.2, 0.25) is 0 Å². The van der Waals surface area contributed by atoms with Gasteiger partial charge in [0.1, 0.15) is 5.75 Å². The number of hydrogen-bond donors (Lipinski definition) is 1. The van der Waals surface area contributed by atoms with Crippen LogP contribution in [0.5, 0.6) is 5.75 Å². The van der Waals surface area contributed by atoms with E-state index in [-0.39, 0.29) is 6.04 Å². The van der Waals surface area contributed by atoms with E-state index in [1.807, 2.05) is 53.5 Å². The van der Waals surface area contributed by atoms with E-state index in [2.05, 4.69) is 47.4 Å². The lowest BCUT2D eigenvalue weighted by molar-refractivity contribution is 0.414. The van der Waals surface area contributed by atoms with Gasteiger partial charge >= 0.3 is 0 Å². The van der Waals surface area contributed by atoms with Crippen LogP contribution < -0.4 is 10.1 Å². The van der Waals surface area contributed by atoms with Crippen LogP contribution in [-0.4, -0.2) is 21.9 Å². The van der Waals surface area contributed by atoms with Crippen molar-refractivity contribution in [3.8, 4) is 11.4 Å². The van der Waals surface area contributed by atoms with Crippen LogP contribution in [0.3, 0.4) is 0 Å². The minimum Gasteiger partial charge on any atom is -0.497 e. The highest BCUT2D eigenvalue weighted by atomic mass is 16.5. The summed E-state index contributed by atoms with van der Waals surface area (Å²) in [7, 11) is 1.67. The maximum Gasteiger partial charge on any atom is 0.119 e. The third kappa shape index (κ3) is 3.49. The van der Waals surface area contributed by atoms with Gasteiger partial charge < -0.3 is 10.1 Å². The second-order valence-corrected chi connectivity index (χ2v) is 6.88. The summed E-state index contributed by atoms with van der Waals surface area (Å²) in [5.74, 6) is 0.841. The van der Waals surface area contributed by atoms with Crippen molar-refractivity contribution in [2.45, 2.75) is 26.4 Å². The van der Waals surface area contributed by atoms with Gasteiger partial charge in [-0.05, 0) is 55.8 Å². The van der Waals surface area contributed by atoms with E-state index >= 15 is 0 Å². The normalized spacial score (nSPS) is 12.2. The van der Waals surface area contributed by atoms with Crippen LogP contribution in [0.25, 0.3) is 16.6 Å². The molecule has 0 spiro atoms. The number of rotatable bonds is 6. The zero-order valence-electron chi connectivity index (χ0n) is 16.4. The fourth-order valence-corrected chi connectivity index (χ4v) is 3.51. The number of aromatic nitrogens is 3. The number of benzene rings is 2. The topological polar surface area (TPSA) is 52.0 Å². The number of methoxy groups -OCH3 is 1. The summed E-state index contributed by atoms with van der Waals surface area (Å²) < 4.78 is 7.21. The van der Waals surface area contributed by atoms with Gasteiger partial charge in [0, 0.05) is 35.4 Å². The summed E-state index contributed by atoms with van der Waals surface area (Å²) in [6.45, 7) is 5.05. The highest BCUT2D eigenvalue weighted by Crippen LogP contribution is 2.23. The minimum atomic E-state index is 0.180. The molecule has 0 amide bonds. The number of nitrogens with zero attached hydrogens (tertiary/aromatic N) is 3. The SMILES string of the molecule is COc1ccc(-n2ncc(C(C)NCc3ccnc4ccccc34)c2C)cc1. The second kappa shape index (κ2) is 7.82. The van der Waals surface area contributed by atoms with Gasteiger partial charge in [0.25, 0.3) is 0 Å². The Morgan fingerprint density at radius 2 is 1.86 bits per heavy atom. The minimum absolute atomic E-state index is 0.180. The van der Waals surface area contributed by atoms with Crippen molar-refractivity contribution in [1.82, 2.24) is 20.1 Å². The maximum absolute atomic E-state index is 5.24. The number of nitrogens with one attached hydrogen (secondary N) is 1. The summed E-state index contributed by atoms with van der Waals surface area (Å²) in [6, 6.07) is 18.4. The standard InChI is InChI=1S/C23H24N4O/c1-16(25-14-18-12-13-24-23-7-5-4-6-21(18)23)22-15-26-27(17(22)2)19-8-10-20(28-3)11-9-19/h4-13,15-16,25H,14H2,1-3H3. The van der Waals surface area contributed by atoms with Crippen LogP contribution in [0.4, 0.5) is 0 Å². The van der Waals surface area contributed by atoms with E-state index in [4.69, 9.17) is 4.74 Å². The summed E-state index contributed by atoms with van der Waals surface area (Å²) in [4.78, 5) is 4.44. The number of pyridine rings is 1. The predicted octanol–water partition coefficient (Wildman–Crippen LogP) is 4.59. The molecule has 2 aromatic carbocycles. The Labute approximate surface area is 165 Å². The Kier molecular flexibility index (Phi) is 5.08. The third-order valence-electron chi connectivity index (χ3n) is 5.17. The van der Waals surface area contributed by atoms with Gasteiger partial charge in [-0.3, -0.25) is 4.98 Å². The van der Waals surface area contributed by atoms with Gasteiger partial charge in [-0.2, -0.15) is 5.10 Å². The van der Waals surface area contributed by atoms with Crippen LogP contribution in [-0.2, 0) is 6.54 Å². The molecule has 142 valence electrons. The Morgan fingerprint density at radius 1 is 1.07 bits per heavy atom. The van der Waals surface area contributed by atoms with Crippen molar-refractivity contribution in [3.05, 3.63) is 83.8 Å². The zero-order chi connectivity index (χ0) is 19.5. The van der Waals surface area contributed by atoms with Gasteiger partial charge in [-0.15, -0.1) is 0 Å². The van der Waals surface area contributed by atoms with E-state index in [1.54, 1.807) is 7.11 Å². The van der Waals surface area contributed by atoms with E-state index in [0.717, 1.165) is 29.2 Å². The molecule has 0 aliphatic rings. The molecule has 0 aliphatic heterocycles. The van der Waals surface area contributed by atoms with E-state index in [1.165, 1.54) is 16.5 Å². The van der Waals surface area contributed by atoms with Gasteiger partial charge in [0.15, 0.2) is 0 Å². The second-order valence-electron chi connectivity index (χ2n) is 6.88. The van der Waals surface area contributed by atoms with Crippen LogP contribution in [0.1, 0.15) is 29.8 Å². The first-order valence-electron chi connectivity index (χ1n) is 9.42. The molecule has 4 rings (SSSR count). The fourth-order valence-electron chi connectivity index (χ4n) is 3.51. The number of hydrogen-bond acceptors (Lipinski definition) is 4. The van der Waals surface area contributed by atoms with Crippen LogP contribution in [0.15, 0.2) is 67.0 Å². The molecule has 1 unspecified atom stereocenters. The zero-order valence-corrected chi connectivity index (χ0v) is 16.4. The average Bonchev–Trinajstić information content (AvgIpc) is 3.13. The van der Waals surface area contributed by atoms with Crippen molar-refractivity contribution >= 4 is 10.9 Å². The molecule has 0 radical (unpaired) electrons. The van der Waals surface area contributed by atoms with Crippen LogP contribution in [0, 0.1) is 6.92 Å². The lowest BCUT2D eigenvalue weighted by Crippen LogP contribution is -2.19. The number of ether oxygens (including phenoxy) is 1. The molecule has 2 heterocycles. The maximum atomic E-state index is 5.24. The highest BCUT2D eigenvalue weighted by Gasteiger charge is 2.14. The number of fused-ring (bicyclic) bond motifs is 1. The molecule has 2 aromatic heterocycles. The largest absolute Gasteiger partial charge is 0.497 e. The van der Waals surface area contributed by atoms with E-state index in [0.29, 0.717) is 0 Å². The molecule has 4 aromatic rings. The van der Waals surface area contributed by atoms with Crippen LogP contribution >= 0.6 is 0 Å². The Morgan fingerprint density at radius 3 is 2.64 bits per heavy atom. The van der Waals surface area contributed by atoms with Gasteiger partial charge in [-0.1, -0.05) is 18.2 Å². The van der Waals surface area contributed by atoms with E-state index < -0.39 is 0 Å². The van der Waals surface area contributed by atoms with Gasteiger partial charge in [0.05, 0.1) is 24.5 Å². The first kappa shape index (κ1) is 18.2. The van der Waals surface area contributed by atoms with Crippen molar-refractivity contribution in [2.75, 3.05) is 7.11 Å². The first-order chi connectivity index (χ1) is 13.7. The Hall–Kier alpha value is -3.18. The lowest BCUT2D eigenvalue weighted by Gasteiger charge is -2.15. The van der Waals surface area contributed by atoms with Crippen molar-refractivity contribution in [2.24, 2.45) is 0 Å². The molecule has 0 saturated carbocycles. The smallest absolute Gasteiger partial charge is 0.119 e. The molecule has 5 heteroatoms. The van der Waals surface area contributed by atoms with Gasteiger partial charge in [-0.25, -0.2) is 4.68 Å². The summed E-state index contributed by atoms with van der Waals surface area (Å²) >= 11 is 0. The summed E-state index contributed by atoms with van der Waals surface area (Å²) in [5, 5.41) is 9.41. The molecular weight excluding hydrogens is 348 g/mol. The van der Waals surface area contributed by atoms with Crippen molar-refractivity contribution in [1.29, 1.82) is 0 Å². The molecule has 5 nitrogen and oxygen atoms in total. The molecule has 28 heavy (non-hydrogen) atoms. The van der Waals surface area contributed by atoms with Crippen LogP contribution in [0.2, 0.25) is 0 Å². The quantitative estimate of drug-likeness (QED) is 0.538. The first-order valence-corrected chi connectivity index (χ1v) is 9.42. The molecule has 0 fully saturated rings. The Bertz CT molecular complexity index is 1080. The Balaban J connectivity index is 1.52. The number of para-hydroxylation sites is 1. The lowest BCUT2D eigenvalue weighted by atomic mass is 10.1. The van der Waals surface area contributed by atoms with Crippen molar-refractivity contribution in [3.63, 3.8) is 0 Å². The third-order valence-corrected chi connectivity index (χ3v) is 5.17. The molecule has 0 aliphatic carbocycles. The molecule has 0 saturated heterocycles. The van der Waals surface area contributed by atoms with E-state index in [9.17, 15) is 0 Å². The molecule has 1 N–H and O–H groups in total. The fraction of sp³-hybridized carbons (Fsp3) is 0.217. The molecule has 0 bridgehead atoms. The van der Waals surface area contributed by atoms with Crippen molar-refractivity contribution < 1.29 is 4.74 Å². The summed E-state index contributed by atoms with van der Waals surface area (Å²) in [6.07, 6.45) is 3.82. The molecular formula is C23H24N4O. The monoisotopic (exact) mass is 372 g/mol. The highest BCUT2D eigenvalue weighted by molar-refractivity contribution is 5.81. The predicted molar refractivity (Wildman–Crippen MR) is 112 cm³/mol.